The highest BCUT2D eigenvalue weighted by molar-refractivity contribution is 5.78. The van der Waals surface area contributed by atoms with E-state index >= 15 is 0 Å². The summed E-state index contributed by atoms with van der Waals surface area (Å²) in [4.78, 5) is 30.7. The van der Waals surface area contributed by atoms with E-state index in [9.17, 15) is 14.7 Å². The van der Waals surface area contributed by atoms with Crippen molar-refractivity contribution < 1.29 is 9.90 Å². The number of likely N-dealkylation sites (tertiary alicyclic amines) is 1. The number of fused-ring (bicyclic) bond motifs is 1. The first-order valence-electron chi connectivity index (χ1n) is 8.35. The summed E-state index contributed by atoms with van der Waals surface area (Å²) in [6.45, 7) is 4.99. The number of para-hydroxylation sites is 1. The molecular weight excluding hydrogens is 306 g/mol. The molecule has 1 N–H and O–H groups in total. The number of hydrogen-bond donors (Lipinski definition) is 1. The van der Waals surface area contributed by atoms with Gasteiger partial charge in [0.05, 0.1) is 29.4 Å². The van der Waals surface area contributed by atoms with Crippen LogP contribution in [0, 0.1) is 5.92 Å². The third-order valence-corrected chi connectivity index (χ3v) is 4.70. The molecule has 0 unspecified atom stereocenters. The van der Waals surface area contributed by atoms with Crippen molar-refractivity contribution in [3.05, 3.63) is 40.9 Å². The summed E-state index contributed by atoms with van der Waals surface area (Å²) in [7, 11) is 0. The van der Waals surface area contributed by atoms with Gasteiger partial charge in [0.15, 0.2) is 0 Å². The molecule has 2 heterocycles. The number of aliphatic hydroxyl groups is 1. The van der Waals surface area contributed by atoms with Crippen LogP contribution in [0.1, 0.15) is 26.7 Å². The number of carbonyl (C=O) groups is 1. The molecule has 1 aliphatic heterocycles. The van der Waals surface area contributed by atoms with Crippen LogP contribution >= 0.6 is 0 Å². The van der Waals surface area contributed by atoms with E-state index in [4.69, 9.17) is 0 Å². The summed E-state index contributed by atoms with van der Waals surface area (Å²) in [6.07, 6.45) is 2.42. The second-order valence-corrected chi connectivity index (χ2v) is 6.90. The molecule has 6 nitrogen and oxygen atoms in total. The van der Waals surface area contributed by atoms with Gasteiger partial charge >= 0.3 is 0 Å². The Hall–Kier alpha value is -2.21. The summed E-state index contributed by atoms with van der Waals surface area (Å²) < 4.78 is 1.47. The van der Waals surface area contributed by atoms with E-state index in [0.717, 1.165) is 0 Å². The zero-order chi connectivity index (χ0) is 17.3. The SMILES string of the molecule is CC(C)C(=O)N1CCC(O)(Cn2cnc3ccccc3c2=O)CC1. The number of rotatable bonds is 3. The maximum absolute atomic E-state index is 12.6. The topological polar surface area (TPSA) is 75.4 Å². The van der Waals surface area contributed by atoms with Gasteiger partial charge in [0.25, 0.3) is 5.56 Å². The summed E-state index contributed by atoms with van der Waals surface area (Å²) >= 11 is 0. The summed E-state index contributed by atoms with van der Waals surface area (Å²) in [5.41, 5.74) is -0.473. The molecule has 128 valence electrons. The van der Waals surface area contributed by atoms with Crippen molar-refractivity contribution in [2.45, 2.75) is 38.8 Å². The van der Waals surface area contributed by atoms with Crippen LogP contribution in [0.4, 0.5) is 0 Å². The van der Waals surface area contributed by atoms with Crippen molar-refractivity contribution in [1.29, 1.82) is 0 Å². The number of piperidine rings is 1. The van der Waals surface area contributed by atoms with Crippen LogP contribution in [0.3, 0.4) is 0 Å². The highest BCUT2D eigenvalue weighted by Gasteiger charge is 2.35. The van der Waals surface area contributed by atoms with Gasteiger partial charge in [0.1, 0.15) is 0 Å². The van der Waals surface area contributed by atoms with Crippen molar-refractivity contribution in [1.82, 2.24) is 14.5 Å². The Kier molecular flexibility index (Phi) is 4.41. The van der Waals surface area contributed by atoms with Crippen molar-refractivity contribution in [3.8, 4) is 0 Å². The first kappa shape index (κ1) is 16.6. The number of hydrogen-bond acceptors (Lipinski definition) is 4. The number of aromatic nitrogens is 2. The minimum Gasteiger partial charge on any atom is -0.388 e. The van der Waals surface area contributed by atoms with Gasteiger partial charge in [-0.25, -0.2) is 4.98 Å². The molecule has 1 aliphatic rings. The van der Waals surface area contributed by atoms with Crippen LogP contribution in [-0.2, 0) is 11.3 Å². The molecule has 6 heteroatoms. The lowest BCUT2D eigenvalue weighted by atomic mass is 9.90. The molecule has 1 fully saturated rings. The van der Waals surface area contributed by atoms with Gasteiger partial charge in [-0.15, -0.1) is 0 Å². The Morgan fingerprint density at radius 2 is 1.96 bits per heavy atom. The van der Waals surface area contributed by atoms with Crippen LogP contribution in [0.25, 0.3) is 10.9 Å². The highest BCUT2D eigenvalue weighted by atomic mass is 16.3. The Morgan fingerprint density at radius 1 is 1.29 bits per heavy atom. The first-order valence-corrected chi connectivity index (χ1v) is 8.35. The monoisotopic (exact) mass is 329 g/mol. The Morgan fingerprint density at radius 3 is 2.62 bits per heavy atom. The van der Waals surface area contributed by atoms with E-state index < -0.39 is 5.60 Å². The van der Waals surface area contributed by atoms with E-state index in [1.165, 1.54) is 10.9 Å². The van der Waals surface area contributed by atoms with Gasteiger partial charge in [-0.05, 0) is 25.0 Å². The highest BCUT2D eigenvalue weighted by Crippen LogP contribution is 2.24. The molecule has 0 radical (unpaired) electrons. The molecule has 0 bridgehead atoms. The molecule has 3 rings (SSSR count). The molecule has 0 saturated carbocycles. The molecule has 0 aliphatic carbocycles. The van der Waals surface area contributed by atoms with Crippen molar-refractivity contribution in [2.75, 3.05) is 13.1 Å². The zero-order valence-electron chi connectivity index (χ0n) is 14.1. The lowest BCUT2D eigenvalue weighted by Gasteiger charge is -2.39. The number of benzene rings is 1. The van der Waals surface area contributed by atoms with Gasteiger partial charge in [-0.1, -0.05) is 26.0 Å². The predicted octanol–water partition coefficient (Wildman–Crippen LogP) is 1.41. The van der Waals surface area contributed by atoms with Crippen LogP contribution in [-0.4, -0.2) is 44.2 Å². The lowest BCUT2D eigenvalue weighted by molar-refractivity contribution is -0.139. The van der Waals surface area contributed by atoms with Gasteiger partial charge in [0, 0.05) is 19.0 Å². The van der Waals surface area contributed by atoms with E-state index in [1.807, 2.05) is 19.9 Å². The van der Waals surface area contributed by atoms with Crippen LogP contribution in [0.5, 0.6) is 0 Å². The largest absolute Gasteiger partial charge is 0.388 e. The average Bonchev–Trinajstić information content (AvgIpc) is 2.57. The summed E-state index contributed by atoms with van der Waals surface area (Å²) in [5, 5.41) is 11.4. The molecule has 1 aromatic heterocycles. The van der Waals surface area contributed by atoms with Crippen LogP contribution in [0.15, 0.2) is 35.4 Å². The number of nitrogens with zero attached hydrogens (tertiary/aromatic N) is 3. The summed E-state index contributed by atoms with van der Waals surface area (Å²) in [5.74, 6) is 0.0742. The minimum absolute atomic E-state index is 0.0384. The standard InChI is InChI=1S/C18H23N3O3/c1-13(2)16(22)20-9-7-18(24,8-10-20)11-21-12-19-15-6-4-3-5-14(15)17(21)23/h3-6,12-13,24H,7-11H2,1-2H3. The smallest absolute Gasteiger partial charge is 0.261 e. The van der Waals surface area contributed by atoms with Crippen molar-refractivity contribution in [2.24, 2.45) is 5.92 Å². The Labute approximate surface area is 140 Å². The van der Waals surface area contributed by atoms with Gasteiger partial charge in [-0.2, -0.15) is 0 Å². The van der Waals surface area contributed by atoms with E-state index in [0.29, 0.717) is 36.8 Å². The lowest BCUT2D eigenvalue weighted by Crippen LogP contribution is -2.50. The second-order valence-electron chi connectivity index (χ2n) is 6.90. The second kappa shape index (κ2) is 6.36. The Bertz CT molecular complexity index is 805. The molecular formula is C18H23N3O3. The van der Waals surface area contributed by atoms with E-state index in [-0.39, 0.29) is 23.9 Å². The van der Waals surface area contributed by atoms with Crippen molar-refractivity contribution >= 4 is 16.8 Å². The first-order chi connectivity index (χ1) is 11.4. The van der Waals surface area contributed by atoms with Gasteiger partial charge in [-0.3, -0.25) is 14.2 Å². The Balaban J connectivity index is 1.76. The van der Waals surface area contributed by atoms with Crippen LogP contribution in [0.2, 0.25) is 0 Å². The number of carbonyl (C=O) groups excluding carboxylic acids is 1. The fourth-order valence-corrected chi connectivity index (χ4v) is 3.20. The van der Waals surface area contributed by atoms with E-state index in [1.54, 1.807) is 23.1 Å². The fraction of sp³-hybridized carbons (Fsp3) is 0.500. The maximum Gasteiger partial charge on any atom is 0.261 e. The fourth-order valence-electron chi connectivity index (χ4n) is 3.20. The molecule has 0 atom stereocenters. The molecule has 0 spiro atoms. The van der Waals surface area contributed by atoms with Crippen molar-refractivity contribution in [3.63, 3.8) is 0 Å². The van der Waals surface area contributed by atoms with Gasteiger partial charge < -0.3 is 10.0 Å². The van der Waals surface area contributed by atoms with Gasteiger partial charge in [0.2, 0.25) is 5.91 Å². The molecule has 24 heavy (non-hydrogen) atoms. The normalized spacial score (nSPS) is 17.4. The summed E-state index contributed by atoms with van der Waals surface area (Å²) in [6, 6.07) is 7.19. The number of amides is 1. The molecule has 1 saturated heterocycles. The predicted molar refractivity (Wildman–Crippen MR) is 91.6 cm³/mol. The third kappa shape index (κ3) is 3.19. The molecule has 2 aromatic rings. The minimum atomic E-state index is -0.984. The average molecular weight is 329 g/mol. The maximum atomic E-state index is 12.6. The molecule has 1 aromatic carbocycles. The quantitative estimate of drug-likeness (QED) is 0.924. The zero-order valence-corrected chi connectivity index (χ0v) is 14.1. The van der Waals surface area contributed by atoms with E-state index in [2.05, 4.69) is 4.98 Å². The van der Waals surface area contributed by atoms with Crippen LogP contribution < -0.4 is 5.56 Å². The third-order valence-electron chi connectivity index (χ3n) is 4.70. The molecule has 1 amide bonds.